The van der Waals surface area contributed by atoms with Gasteiger partial charge in [-0.1, -0.05) is 30.9 Å². The quantitative estimate of drug-likeness (QED) is 0.745. The maximum absolute atomic E-state index is 6.42. The van der Waals surface area contributed by atoms with Gasteiger partial charge in [0, 0.05) is 11.7 Å². The number of hydrogen-bond acceptors (Lipinski definition) is 2. The van der Waals surface area contributed by atoms with Crippen LogP contribution in [0.3, 0.4) is 0 Å². The van der Waals surface area contributed by atoms with Crippen molar-refractivity contribution in [3.05, 3.63) is 28.5 Å². The predicted octanol–water partition coefficient (Wildman–Crippen LogP) is 3.16. The Bertz CT molecular complexity index is 357. The maximum Gasteiger partial charge on any atom is 0.131 e. The lowest BCUT2D eigenvalue weighted by Crippen LogP contribution is -2.38. The lowest BCUT2D eigenvalue weighted by Gasteiger charge is -2.33. The molecule has 0 aliphatic heterocycles. The highest BCUT2D eigenvalue weighted by atomic mass is 35.5. The van der Waals surface area contributed by atoms with Gasteiger partial charge in [-0.3, -0.25) is 0 Å². The third kappa shape index (κ3) is 2.16. The van der Waals surface area contributed by atoms with E-state index in [4.69, 9.17) is 17.3 Å². The monoisotopic (exact) mass is 224 g/mol. The van der Waals surface area contributed by atoms with Gasteiger partial charge in [-0.25, -0.2) is 4.98 Å². The summed E-state index contributed by atoms with van der Waals surface area (Å²) in [6.07, 6.45) is 7.71. The average molecular weight is 225 g/mol. The molecule has 0 atom stereocenters. The van der Waals surface area contributed by atoms with Crippen LogP contribution in [-0.4, -0.2) is 4.98 Å². The number of hydrogen-bond donors (Lipinski definition) is 1. The van der Waals surface area contributed by atoms with Gasteiger partial charge >= 0.3 is 0 Å². The summed E-state index contributed by atoms with van der Waals surface area (Å²) in [6.45, 7) is 1.98. The van der Waals surface area contributed by atoms with Gasteiger partial charge in [0.05, 0.1) is 0 Å². The van der Waals surface area contributed by atoms with Crippen molar-refractivity contribution in [2.75, 3.05) is 0 Å². The van der Waals surface area contributed by atoms with Crippen LogP contribution in [0.1, 0.15) is 43.2 Å². The Morgan fingerprint density at radius 3 is 2.60 bits per heavy atom. The lowest BCUT2D eigenvalue weighted by atomic mass is 9.78. The van der Waals surface area contributed by atoms with E-state index in [0.29, 0.717) is 5.15 Å². The second kappa shape index (κ2) is 4.11. The highest BCUT2D eigenvalue weighted by molar-refractivity contribution is 6.30. The molecule has 15 heavy (non-hydrogen) atoms. The first kappa shape index (κ1) is 10.9. The summed E-state index contributed by atoms with van der Waals surface area (Å²) in [7, 11) is 0. The third-order valence-corrected chi connectivity index (χ3v) is 3.73. The first-order valence-electron chi connectivity index (χ1n) is 5.53. The van der Waals surface area contributed by atoms with Gasteiger partial charge in [-0.2, -0.15) is 0 Å². The molecule has 2 nitrogen and oxygen atoms in total. The average Bonchev–Trinajstić information content (AvgIpc) is 2.23. The number of halogens is 1. The topological polar surface area (TPSA) is 38.9 Å². The van der Waals surface area contributed by atoms with E-state index >= 15 is 0 Å². The van der Waals surface area contributed by atoms with Gasteiger partial charge in [0.25, 0.3) is 0 Å². The van der Waals surface area contributed by atoms with Crippen molar-refractivity contribution in [1.29, 1.82) is 0 Å². The van der Waals surface area contributed by atoms with Gasteiger partial charge in [0.1, 0.15) is 5.15 Å². The number of nitrogens with two attached hydrogens (primary N) is 1. The zero-order chi connectivity index (χ0) is 10.9. The molecule has 1 aromatic heterocycles. The molecule has 3 heteroatoms. The van der Waals surface area contributed by atoms with Gasteiger partial charge in [-0.05, 0) is 37.0 Å². The smallest absolute Gasteiger partial charge is 0.131 e. The molecule has 0 bridgehead atoms. The predicted molar refractivity (Wildman–Crippen MR) is 62.9 cm³/mol. The second-order valence-corrected chi connectivity index (χ2v) is 4.91. The van der Waals surface area contributed by atoms with E-state index in [9.17, 15) is 0 Å². The Kier molecular flexibility index (Phi) is 2.98. The largest absolute Gasteiger partial charge is 0.321 e. The Morgan fingerprint density at radius 1 is 1.33 bits per heavy atom. The van der Waals surface area contributed by atoms with E-state index < -0.39 is 0 Å². The summed E-state index contributed by atoms with van der Waals surface area (Å²) in [6, 6.07) is 2.08. The molecule has 0 aromatic carbocycles. The summed E-state index contributed by atoms with van der Waals surface area (Å²) < 4.78 is 0. The molecule has 0 unspecified atom stereocenters. The highest BCUT2D eigenvalue weighted by Gasteiger charge is 2.29. The molecular weight excluding hydrogens is 208 g/mol. The molecular formula is C12H17ClN2. The maximum atomic E-state index is 6.42. The van der Waals surface area contributed by atoms with Crippen molar-refractivity contribution in [2.45, 2.75) is 44.6 Å². The van der Waals surface area contributed by atoms with E-state index in [-0.39, 0.29) is 5.54 Å². The zero-order valence-corrected chi connectivity index (χ0v) is 9.85. The minimum atomic E-state index is -0.166. The van der Waals surface area contributed by atoms with E-state index in [1.54, 1.807) is 0 Å². The van der Waals surface area contributed by atoms with Gasteiger partial charge in [0.15, 0.2) is 0 Å². The number of aryl methyl sites for hydroxylation is 1. The van der Waals surface area contributed by atoms with Crippen LogP contribution >= 0.6 is 11.6 Å². The zero-order valence-electron chi connectivity index (χ0n) is 9.09. The molecule has 1 aliphatic carbocycles. The van der Waals surface area contributed by atoms with Crippen molar-refractivity contribution in [3.8, 4) is 0 Å². The Labute approximate surface area is 95.8 Å². The highest BCUT2D eigenvalue weighted by Crippen LogP contribution is 2.35. The fourth-order valence-corrected chi connectivity index (χ4v) is 2.41. The third-order valence-electron chi connectivity index (χ3n) is 3.34. The van der Waals surface area contributed by atoms with Crippen molar-refractivity contribution in [1.82, 2.24) is 4.98 Å². The molecule has 0 radical (unpaired) electrons. The van der Waals surface area contributed by atoms with E-state index in [2.05, 4.69) is 11.1 Å². The summed E-state index contributed by atoms with van der Waals surface area (Å²) in [5, 5.41) is 0.582. The van der Waals surface area contributed by atoms with Crippen LogP contribution in [0, 0.1) is 6.92 Å². The van der Waals surface area contributed by atoms with Crippen molar-refractivity contribution in [3.63, 3.8) is 0 Å². The van der Waals surface area contributed by atoms with Crippen LogP contribution in [0.2, 0.25) is 5.15 Å². The lowest BCUT2D eigenvalue weighted by molar-refractivity contribution is 0.301. The summed E-state index contributed by atoms with van der Waals surface area (Å²) in [4.78, 5) is 4.18. The Balaban J connectivity index is 2.31. The molecule has 1 aromatic rings. The fourth-order valence-electron chi connectivity index (χ4n) is 2.30. The van der Waals surface area contributed by atoms with Crippen LogP contribution in [0.15, 0.2) is 12.3 Å². The second-order valence-electron chi connectivity index (χ2n) is 4.55. The van der Waals surface area contributed by atoms with Crippen molar-refractivity contribution >= 4 is 11.6 Å². The van der Waals surface area contributed by atoms with Crippen LogP contribution in [0.25, 0.3) is 0 Å². The Morgan fingerprint density at radius 2 is 2.00 bits per heavy atom. The summed E-state index contributed by atoms with van der Waals surface area (Å²) in [5.74, 6) is 0. The SMILES string of the molecule is Cc1cc(C2(N)CCCCC2)cnc1Cl. The standard InChI is InChI=1S/C12H17ClN2/c1-9-7-10(8-15-11(9)13)12(14)5-3-2-4-6-12/h7-8H,2-6,14H2,1H3. The molecule has 1 saturated carbocycles. The minimum Gasteiger partial charge on any atom is -0.321 e. The molecule has 1 fully saturated rings. The summed E-state index contributed by atoms with van der Waals surface area (Å²) >= 11 is 5.91. The molecule has 0 saturated heterocycles. The number of nitrogens with zero attached hydrogens (tertiary/aromatic N) is 1. The molecule has 2 N–H and O–H groups in total. The number of aromatic nitrogens is 1. The van der Waals surface area contributed by atoms with Gasteiger partial charge < -0.3 is 5.73 Å². The van der Waals surface area contributed by atoms with E-state index in [1.807, 2.05) is 13.1 Å². The van der Waals surface area contributed by atoms with E-state index in [1.165, 1.54) is 19.3 Å². The number of pyridine rings is 1. The fraction of sp³-hybridized carbons (Fsp3) is 0.583. The minimum absolute atomic E-state index is 0.166. The van der Waals surface area contributed by atoms with Crippen LogP contribution in [0.4, 0.5) is 0 Å². The molecule has 1 aliphatic rings. The van der Waals surface area contributed by atoms with Crippen LogP contribution in [0.5, 0.6) is 0 Å². The van der Waals surface area contributed by atoms with Gasteiger partial charge in [-0.15, -0.1) is 0 Å². The first-order chi connectivity index (χ1) is 7.12. The Hall–Kier alpha value is -0.600. The normalized spacial score (nSPS) is 20.2. The van der Waals surface area contributed by atoms with Crippen molar-refractivity contribution < 1.29 is 0 Å². The number of rotatable bonds is 1. The molecule has 1 heterocycles. The van der Waals surface area contributed by atoms with Gasteiger partial charge in [0.2, 0.25) is 0 Å². The molecule has 0 amide bonds. The summed E-state index contributed by atoms with van der Waals surface area (Å²) in [5.41, 5.74) is 8.41. The molecule has 2 rings (SSSR count). The van der Waals surface area contributed by atoms with Crippen LogP contribution < -0.4 is 5.73 Å². The molecule has 82 valence electrons. The first-order valence-corrected chi connectivity index (χ1v) is 5.91. The van der Waals surface area contributed by atoms with Crippen molar-refractivity contribution in [2.24, 2.45) is 5.73 Å². The molecule has 0 spiro atoms. The van der Waals surface area contributed by atoms with E-state index in [0.717, 1.165) is 24.0 Å². The van der Waals surface area contributed by atoms with Crippen LogP contribution in [-0.2, 0) is 5.54 Å².